The van der Waals surface area contributed by atoms with Gasteiger partial charge in [-0.3, -0.25) is 9.59 Å². The molecule has 2 aromatic carbocycles. The molecule has 2 rings (SSSR count). The van der Waals surface area contributed by atoms with Gasteiger partial charge in [0.15, 0.2) is 0 Å². The monoisotopic (exact) mass is 361 g/mol. The minimum Gasteiger partial charge on any atom is -0.489 e. The van der Waals surface area contributed by atoms with E-state index in [1.165, 1.54) is 0 Å². The molecule has 0 radical (unpaired) electrons. The van der Waals surface area contributed by atoms with Crippen LogP contribution in [0.1, 0.15) is 31.2 Å². The van der Waals surface area contributed by atoms with Gasteiger partial charge >= 0.3 is 5.97 Å². The summed E-state index contributed by atoms with van der Waals surface area (Å²) in [5.41, 5.74) is 1.65. The van der Waals surface area contributed by atoms with Crippen LogP contribution in [0.15, 0.2) is 48.5 Å². The number of unbranched alkanes of at least 4 members (excludes halogenated alkanes) is 1. The summed E-state index contributed by atoms with van der Waals surface area (Å²) in [7, 11) is 0. The third-order valence-electron chi connectivity index (χ3n) is 3.48. The molecule has 0 aliphatic carbocycles. The molecular formula is C19H20ClNO4. The second-order valence-electron chi connectivity index (χ2n) is 5.59. The fraction of sp³-hybridized carbons (Fsp3) is 0.263. The third kappa shape index (κ3) is 7.27. The highest BCUT2D eigenvalue weighted by atomic mass is 35.5. The van der Waals surface area contributed by atoms with Crippen LogP contribution < -0.4 is 10.1 Å². The van der Waals surface area contributed by atoms with Crippen LogP contribution in [0.2, 0.25) is 5.02 Å². The molecule has 0 bridgehead atoms. The van der Waals surface area contributed by atoms with Crippen LogP contribution in [0, 0.1) is 0 Å². The third-order valence-corrected chi connectivity index (χ3v) is 3.73. The summed E-state index contributed by atoms with van der Waals surface area (Å²) in [5.74, 6) is -0.329. The van der Waals surface area contributed by atoms with Crippen molar-refractivity contribution in [2.45, 2.75) is 32.3 Å². The highest BCUT2D eigenvalue weighted by molar-refractivity contribution is 6.30. The lowest BCUT2D eigenvalue weighted by atomic mass is 10.2. The van der Waals surface area contributed by atoms with Crippen LogP contribution in [0.4, 0.5) is 5.69 Å². The van der Waals surface area contributed by atoms with Crippen molar-refractivity contribution in [1.82, 2.24) is 0 Å². The van der Waals surface area contributed by atoms with E-state index in [1.807, 2.05) is 18.2 Å². The lowest BCUT2D eigenvalue weighted by molar-refractivity contribution is -0.137. The van der Waals surface area contributed by atoms with E-state index in [0.29, 0.717) is 42.3 Å². The molecule has 0 heterocycles. The van der Waals surface area contributed by atoms with E-state index >= 15 is 0 Å². The Labute approximate surface area is 151 Å². The van der Waals surface area contributed by atoms with Crippen LogP contribution in [0.25, 0.3) is 0 Å². The Balaban J connectivity index is 1.80. The zero-order valence-electron chi connectivity index (χ0n) is 13.7. The first-order valence-corrected chi connectivity index (χ1v) is 8.39. The number of hydrogen-bond acceptors (Lipinski definition) is 3. The van der Waals surface area contributed by atoms with Gasteiger partial charge in [0.25, 0.3) is 0 Å². The minimum atomic E-state index is -0.842. The smallest absolute Gasteiger partial charge is 0.303 e. The van der Waals surface area contributed by atoms with Gasteiger partial charge in [-0.2, -0.15) is 0 Å². The topological polar surface area (TPSA) is 75.6 Å². The molecule has 132 valence electrons. The number of nitrogens with one attached hydrogen (secondary N) is 1. The van der Waals surface area contributed by atoms with Gasteiger partial charge in [-0.05, 0) is 42.7 Å². The molecule has 0 saturated heterocycles. The average molecular weight is 362 g/mol. The van der Waals surface area contributed by atoms with E-state index in [2.05, 4.69) is 5.32 Å². The van der Waals surface area contributed by atoms with Gasteiger partial charge in [0.05, 0.1) is 0 Å². The number of anilines is 1. The van der Waals surface area contributed by atoms with E-state index in [-0.39, 0.29) is 12.3 Å². The molecule has 6 heteroatoms. The fourth-order valence-corrected chi connectivity index (χ4v) is 2.32. The summed E-state index contributed by atoms with van der Waals surface area (Å²) < 4.78 is 5.72. The molecule has 25 heavy (non-hydrogen) atoms. The van der Waals surface area contributed by atoms with Crippen molar-refractivity contribution in [1.29, 1.82) is 0 Å². The summed E-state index contributed by atoms with van der Waals surface area (Å²) in [4.78, 5) is 22.3. The predicted molar refractivity (Wildman–Crippen MR) is 97.0 cm³/mol. The molecule has 0 spiro atoms. The maximum atomic E-state index is 11.9. The number of amides is 1. The lowest BCUT2D eigenvalue weighted by Gasteiger charge is -2.09. The standard InChI is InChI=1S/C19H20ClNO4/c20-15-10-8-14(9-11-15)13-25-17-5-3-4-16(12-17)21-18(22)6-1-2-7-19(23)24/h3-5,8-12H,1-2,6-7,13H2,(H,21,22)(H,23,24). The molecular weight excluding hydrogens is 342 g/mol. The zero-order valence-corrected chi connectivity index (χ0v) is 14.5. The second kappa shape index (κ2) is 9.69. The molecule has 2 aromatic rings. The Morgan fingerprint density at radius 3 is 2.48 bits per heavy atom. The van der Waals surface area contributed by atoms with Gasteiger partial charge in [0.1, 0.15) is 12.4 Å². The van der Waals surface area contributed by atoms with Crippen molar-refractivity contribution >= 4 is 29.2 Å². The number of hydrogen-bond donors (Lipinski definition) is 2. The van der Waals surface area contributed by atoms with Crippen LogP contribution in [0.5, 0.6) is 5.75 Å². The van der Waals surface area contributed by atoms with Crippen LogP contribution in [-0.4, -0.2) is 17.0 Å². The number of halogens is 1. The molecule has 0 aliphatic heterocycles. The number of ether oxygens (including phenoxy) is 1. The first kappa shape index (κ1) is 18.8. The molecule has 0 fully saturated rings. The van der Waals surface area contributed by atoms with Crippen molar-refractivity contribution in [3.63, 3.8) is 0 Å². The van der Waals surface area contributed by atoms with E-state index in [0.717, 1.165) is 5.56 Å². The van der Waals surface area contributed by atoms with Gasteiger partial charge in [0.2, 0.25) is 5.91 Å². The van der Waals surface area contributed by atoms with Crippen LogP contribution in [-0.2, 0) is 16.2 Å². The van der Waals surface area contributed by atoms with Gasteiger partial charge < -0.3 is 15.2 Å². The van der Waals surface area contributed by atoms with Crippen LogP contribution in [0.3, 0.4) is 0 Å². The van der Waals surface area contributed by atoms with Crippen molar-refractivity contribution in [2.24, 2.45) is 0 Å². The molecule has 0 atom stereocenters. The van der Waals surface area contributed by atoms with Crippen molar-refractivity contribution in [3.05, 3.63) is 59.1 Å². The predicted octanol–water partition coefficient (Wildman–Crippen LogP) is 4.50. The Hall–Kier alpha value is -2.53. The maximum Gasteiger partial charge on any atom is 0.303 e. The zero-order chi connectivity index (χ0) is 18.1. The highest BCUT2D eigenvalue weighted by Crippen LogP contribution is 2.19. The first-order valence-electron chi connectivity index (χ1n) is 8.02. The summed E-state index contributed by atoms with van der Waals surface area (Å²) in [6.07, 6.45) is 1.42. The number of carbonyl (C=O) groups is 2. The fourth-order valence-electron chi connectivity index (χ4n) is 2.20. The SMILES string of the molecule is O=C(O)CCCCC(=O)Nc1cccc(OCc2ccc(Cl)cc2)c1. The lowest BCUT2D eigenvalue weighted by Crippen LogP contribution is -2.11. The van der Waals surface area contributed by atoms with E-state index < -0.39 is 5.97 Å². The summed E-state index contributed by atoms with van der Waals surface area (Å²) in [6.45, 7) is 0.407. The van der Waals surface area contributed by atoms with Crippen LogP contribution >= 0.6 is 11.6 Å². The largest absolute Gasteiger partial charge is 0.489 e. The van der Waals surface area contributed by atoms with Crippen molar-refractivity contribution in [2.75, 3.05) is 5.32 Å². The molecule has 0 aliphatic rings. The van der Waals surface area contributed by atoms with E-state index in [4.69, 9.17) is 21.4 Å². The molecule has 0 aromatic heterocycles. The molecule has 5 nitrogen and oxygen atoms in total. The Bertz CT molecular complexity index is 716. The Morgan fingerprint density at radius 2 is 1.76 bits per heavy atom. The maximum absolute atomic E-state index is 11.9. The van der Waals surface area contributed by atoms with E-state index in [9.17, 15) is 9.59 Å². The average Bonchev–Trinajstić information content (AvgIpc) is 2.58. The molecule has 1 amide bonds. The highest BCUT2D eigenvalue weighted by Gasteiger charge is 2.05. The van der Waals surface area contributed by atoms with Gasteiger partial charge in [-0.1, -0.05) is 29.8 Å². The summed E-state index contributed by atoms with van der Waals surface area (Å²) >= 11 is 5.85. The normalized spacial score (nSPS) is 10.3. The number of carboxylic acid groups (broad SMARTS) is 1. The Kier molecular flexibility index (Phi) is 7.29. The number of aliphatic carboxylic acids is 1. The first-order chi connectivity index (χ1) is 12.0. The van der Waals surface area contributed by atoms with Gasteiger partial charge in [0, 0.05) is 29.6 Å². The number of benzene rings is 2. The second-order valence-corrected chi connectivity index (χ2v) is 6.03. The summed E-state index contributed by atoms with van der Waals surface area (Å²) in [5, 5.41) is 12.0. The molecule has 2 N–H and O–H groups in total. The number of carboxylic acids is 1. The van der Waals surface area contributed by atoms with E-state index in [1.54, 1.807) is 30.3 Å². The van der Waals surface area contributed by atoms with Gasteiger partial charge in [-0.25, -0.2) is 0 Å². The number of rotatable bonds is 9. The summed E-state index contributed by atoms with van der Waals surface area (Å²) in [6, 6.07) is 14.6. The number of carbonyl (C=O) groups excluding carboxylic acids is 1. The molecule has 0 unspecified atom stereocenters. The van der Waals surface area contributed by atoms with Crippen molar-refractivity contribution in [3.8, 4) is 5.75 Å². The van der Waals surface area contributed by atoms with Gasteiger partial charge in [-0.15, -0.1) is 0 Å². The Morgan fingerprint density at radius 1 is 1.04 bits per heavy atom. The van der Waals surface area contributed by atoms with Crippen molar-refractivity contribution < 1.29 is 19.4 Å². The molecule has 0 saturated carbocycles. The quantitative estimate of drug-likeness (QED) is 0.644. The minimum absolute atomic E-state index is 0.0846.